The summed E-state index contributed by atoms with van der Waals surface area (Å²) >= 11 is 0. The van der Waals surface area contributed by atoms with Crippen LogP contribution in [-0.2, 0) is 4.79 Å². The number of aliphatic carboxylic acids is 1. The Morgan fingerprint density at radius 3 is 2.38 bits per heavy atom. The molecule has 1 saturated carbocycles. The molecule has 0 atom stereocenters. The largest absolute Gasteiger partial charge is 0.480 e. The minimum Gasteiger partial charge on any atom is -0.480 e. The van der Waals surface area contributed by atoms with Crippen LogP contribution in [-0.4, -0.2) is 21.5 Å². The molecule has 0 aliphatic heterocycles. The molecule has 21 heavy (non-hydrogen) atoms. The Morgan fingerprint density at radius 1 is 1.24 bits per heavy atom. The van der Waals surface area contributed by atoms with Crippen LogP contribution >= 0.6 is 0 Å². The summed E-state index contributed by atoms with van der Waals surface area (Å²) in [6.45, 7) is 0. The van der Waals surface area contributed by atoms with E-state index < -0.39 is 27.9 Å². The minimum atomic E-state index is -1.18. The number of anilines is 1. The van der Waals surface area contributed by atoms with Gasteiger partial charge in [0.05, 0.1) is 11.0 Å². The first-order valence-corrected chi connectivity index (χ1v) is 6.89. The summed E-state index contributed by atoms with van der Waals surface area (Å²) in [6, 6.07) is 3.06. The van der Waals surface area contributed by atoms with Crippen molar-refractivity contribution >= 4 is 17.3 Å². The molecular formula is C14H17FN2O4. The highest BCUT2D eigenvalue weighted by molar-refractivity contribution is 5.83. The van der Waals surface area contributed by atoms with Gasteiger partial charge in [0.25, 0.3) is 5.69 Å². The third-order valence-corrected chi connectivity index (χ3v) is 3.84. The molecule has 0 saturated heterocycles. The zero-order valence-corrected chi connectivity index (χ0v) is 11.5. The highest BCUT2D eigenvalue weighted by atomic mass is 19.1. The van der Waals surface area contributed by atoms with Gasteiger partial charge in [0.1, 0.15) is 11.4 Å². The molecule has 1 aliphatic carbocycles. The van der Waals surface area contributed by atoms with Crippen molar-refractivity contribution < 1.29 is 19.2 Å². The molecule has 1 aromatic rings. The number of hydrogen-bond donors (Lipinski definition) is 2. The Kier molecular flexibility index (Phi) is 4.40. The maximum atomic E-state index is 13.5. The minimum absolute atomic E-state index is 0.131. The van der Waals surface area contributed by atoms with Crippen molar-refractivity contribution in [3.05, 3.63) is 34.1 Å². The molecule has 1 aliphatic rings. The number of rotatable bonds is 4. The molecule has 0 radical (unpaired) electrons. The molecule has 6 nitrogen and oxygen atoms in total. The number of carbonyl (C=O) groups is 1. The fraction of sp³-hybridized carbons (Fsp3) is 0.500. The molecule has 0 unspecified atom stereocenters. The van der Waals surface area contributed by atoms with Crippen LogP contribution in [0.15, 0.2) is 18.2 Å². The van der Waals surface area contributed by atoms with Crippen molar-refractivity contribution in [1.82, 2.24) is 0 Å². The van der Waals surface area contributed by atoms with Gasteiger partial charge < -0.3 is 10.4 Å². The van der Waals surface area contributed by atoms with Crippen LogP contribution in [0.4, 0.5) is 15.8 Å². The molecule has 0 heterocycles. The molecule has 0 bridgehead atoms. The topological polar surface area (TPSA) is 92.5 Å². The number of benzene rings is 1. The van der Waals surface area contributed by atoms with Gasteiger partial charge in [-0.1, -0.05) is 25.7 Å². The van der Waals surface area contributed by atoms with E-state index in [0.29, 0.717) is 12.8 Å². The molecule has 2 rings (SSSR count). The van der Waals surface area contributed by atoms with E-state index in [1.807, 2.05) is 0 Å². The highest BCUT2D eigenvalue weighted by Crippen LogP contribution is 2.32. The third kappa shape index (κ3) is 3.48. The van der Waals surface area contributed by atoms with Gasteiger partial charge in [-0.2, -0.15) is 0 Å². The first-order valence-electron chi connectivity index (χ1n) is 6.89. The summed E-state index contributed by atoms with van der Waals surface area (Å²) in [5.41, 5.74) is -1.45. The Bertz CT molecular complexity index is 554. The van der Waals surface area contributed by atoms with Gasteiger partial charge in [-0.25, -0.2) is 9.18 Å². The fourth-order valence-corrected chi connectivity index (χ4v) is 2.75. The van der Waals surface area contributed by atoms with Crippen molar-refractivity contribution in [1.29, 1.82) is 0 Å². The molecule has 1 aromatic carbocycles. The average Bonchev–Trinajstić information content (AvgIpc) is 2.64. The maximum absolute atomic E-state index is 13.5. The van der Waals surface area contributed by atoms with E-state index in [-0.39, 0.29) is 5.69 Å². The monoisotopic (exact) mass is 296 g/mol. The van der Waals surface area contributed by atoms with Gasteiger partial charge in [-0.15, -0.1) is 0 Å². The zero-order chi connectivity index (χ0) is 15.5. The number of non-ortho nitro benzene ring substituents is 1. The molecule has 0 spiro atoms. The van der Waals surface area contributed by atoms with E-state index in [0.717, 1.165) is 37.8 Å². The SMILES string of the molecule is O=C(O)C1(Nc2cc(F)cc([N+](=O)[O-])c2)CCCCCC1. The lowest BCUT2D eigenvalue weighted by Crippen LogP contribution is -2.46. The molecule has 1 fully saturated rings. The zero-order valence-electron chi connectivity index (χ0n) is 11.5. The van der Waals surface area contributed by atoms with Crippen LogP contribution in [0, 0.1) is 15.9 Å². The molecule has 2 N–H and O–H groups in total. The number of hydrogen-bond acceptors (Lipinski definition) is 4. The molecule has 0 amide bonds. The fourth-order valence-electron chi connectivity index (χ4n) is 2.75. The summed E-state index contributed by atoms with van der Waals surface area (Å²) < 4.78 is 13.5. The molecule has 0 aromatic heterocycles. The Labute approximate surface area is 121 Å². The normalized spacial score (nSPS) is 17.8. The molecule has 7 heteroatoms. The number of carboxylic acids is 1. The summed E-state index contributed by atoms with van der Waals surface area (Å²) in [5.74, 6) is -1.77. The van der Waals surface area contributed by atoms with Crippen molar-refractivity contribution in [3.8, 4) is 0 Å². The summed E-state index contributed by atoms with van der Waals surface area (Å²) in [4.78, 5) is 21.7. The number of nitrogens with zero attached hydrogens (tertiary/aromatic N) is 1. The number of nitrogens with one attached hydrogen (secondary N) is 1. The van der Waals surface area contributed by atoms with Crippen LogP contribution in [0.1, 0.15) is 38.5 Å². The van der Waals surface area contributed by atoms with Crippen LogP contribution < -0.4 is 5.32 Å². The van der Waals surface area contributed by atoms with Crippen molar-refractivity contribution in [2.75, 3.05) is 5.32 Å². The van der Waals surface area contributed by atoms with Crippen molar-refractivity contribution in [3.63, 3.8) is 0 Å². The highest BCUT2D eigenvalue weighted by Gasteiger charge is 2.38. The van der Waals surface area contributed by atoms with Crippen molar-refractivity contribution in [2.24, 2.45) is 0 Å². The number of carboxylic acid groups (broad SMARTS) is 1. The lowest BCUT2D eigenvalue weighted by atomic mass is 9.90. The third-order valence-electron chi connectivity index (χ3n) is 3.84. The maximum Gasteiger partial charge on any atom is 0.329 e. The van der Waals surface area contributed by atoms with Gasteiger partial charge in [0, 0.05) is 11.8 Å². The van der Waals surface area contributed by atoms with Crippen LogP contribution in [0.25, 0.3) is 0 Å². The second kappa shape index (κ2) is 6.07. The van der Waals surface area contributed by atoms with E-state index in [2.05, 4.69) is 5.32 Å². The predicted molar refractivity (Wildman–Crippen MR) is 74.7 cm³/mol. The van der Waals surface area contributed by atoms with E-state index in [4.69, 9.17) is 0 Å². The van der Waals surface area contributed by atoms with Gasteiger partial charge in [-0.05, 0) is 18.9 Å². The quantitative estimate of drug-likeness (QED) is 0.505. The van der Waals surface area contributed by atoms with Crippen LogP contribution in [0.2, 0.25) is 0 Å². The number of nitro benzene ring substituents is 1. The number of nitro groups is 1. The Morgan fingerprint density at radius 2 is 1.86 bits per heavy atom. The van der Waals surface area contributed by atoms with Gasteiger partial charge >= 0.3 is 5.97 Å². The van der Waals surface area contributed by atoms with Crippen LogP contribution in [0.5, 0.6) is 0 Å². The van der Waals surface area contributed by atoms with E-state index >= 15 is 0 Å². The summed E-state index contributed by atoms with van der Waals surface area (Å²) in [7, 11) is 0. The molecule has 114 valence electrons. The van der Waals surface area contributed by atoms with Crippen molar-refractivity contribution in [2.45, 2.75) is 44.1 Å². The van der Waals surface area contributed by atoms with E-state index in [1.165, 1.54) is 6.07 Å². The Balaban J connectivity index is 2.32. The Hall–Kier alpha value is -2.18. The van der Waals surface area contributed by atoms with Gasteiger partial charge in [0.2, 0.25) is 0 Å². The van der Waals surface area contributed by atoms with Gasteiger partial charge in [0.15, 0.2) is 0 Å². The first kappa shape index (κ1) is 15.2. The second-order valence-corrected chi connectivity index (χ2v) is 5.38. The van der Waals surface area contributed by atoms with Crippen LogP contribution in [0.3, 0.4) is 0 Å². The second-order valence-electron chi connectivity index (χ2n) is 5.38. The van der Waals surface area contributed by atoms with E-state index in [9.17, 15) is 24.4 Å². The average molecular weight is 296 g/mol. The van der Waals surface area contributed by atoms with E-state index in [1.54, 1.807) is 0 Å². The summed E-state index contributed by atoms with van der Waals surface area (Å²) in [6.07, 6.45) is 4.28. The predicted octanol–water partition coefficient (Wildman–Crippen LogP) is 3.32. The molecular weight excluding hydrogens is 279 g/mol. The lowest BCUT2D eigenvalue weighted by molar-refractivity contribution is -0.385. The standard InChI is InChI=1S/C14H17FN2O4/c15-10-7-11(9-12(8-10)17(20)21)16-14(13(18)19)5-3-1-2-4-6-14/h7-9,16H,1-6H2,(H,18,19). The summed E-state index contributed by atoms with van der Waals surface area (Å²) in [5, 5.41) is 23.1. The first-order chi connectivity index (χ1) is 9.93. The smallest absolute Gasteiger partial charge is 0.329 e. The number of halogens is 1. The lowest BCUT2D eigenvalue weighted by Gasteiger charge is -2.30. The van der Waals surface area contributed by atoms with Gasteiger partial charge in [-0.3, -0.25) is 10.1 Å².